The summed E-state index contributed by atoms with van der Waals surface area (Å²) in [7, 11) is -2.26. The van der Waals surface area contributed by atoms with Crippen LogP contribution in [-0.2, 0) is 10.0 Å². The molecule has 2 heterocycles. The molecule has 11 heteroatoms. The number of fused-ring (bicyclic) bond motifs is 2. The zero-order valence-corrected chi connectivity index (χ0v) is 23.9. The van der Waals surface area contributed by atoms with E-state index in [1.54, 1.807) is 38.2 Å². The highest BCUT2D eigenvalue weighted by molar-refractivity contribution is 7.89. The topological polar surface area (TPSA) is 118 Å². The largest absolute Gasteiger partial charge is 0.487 e. The zero-order chi connectivity index (χ0) is 28.4. The Bertz CT molecular complexity index is 1390. The van der Waals surface area contributed by atoms with Gasteiger partial charge < -0.3 is 29.5 Å². The molecule has 3 aliphatic rings. The van der Waals surface area contributed by atoms with Crippen molar-refractivity contribution in [2.45, 2.75) is 56.6 Å². The fraction of sp³-hybridized carbons (Fsp3) is 0.483. The number of anilines is 1. The molecule has 40 heavy (non-hydrogen) atoms. The monoisotopic (exact) mass is 571 g/mol. The summed E-state index contributed by atoms with van der Waals surface area (Å²) >= 11 is 0. The third kappa shape index (κ3) is 5.77. The molecule has 3 atom stereocenters. The molecule has 5 rings (SSSR count). The minimum Gasteiger partial charge on any atom is -0.487 e. The van der Waals surface area contributed by atoms with Crippen LogP contribution in [0.2, 0.25) is 0 Å². The molecule has 2 N–H and O–H groups in total. The summed E-state index contributed by atoms with van der Waals surface area (Å²) in [6, 6.07) is 9.48. The van der Waals surface area contributed by atoms with E-state index in [4.69, 9.17) is 14.2 Å². The van der Waals surface area contributed by atoms with Crippen molar-refractivity contribution in [1.82, 2.24) is 9.21 Å². The molecule has 10 nitrogen and oxygen atoms in total. The summed E-state index contributed by atoms with van der Waals surface area (Å²) in [5.41, 5.74) is 2.69. The summed E-state index contributed by atoms with van der Waals surface area (Å²) in [4.78, 5) is 14.7. The minimum absolute atomic E-state index is 0.0670. The van der Waals surface area contributed by atoms with Crippen LogP contribution < -0.4 is 19.5 Å². The number of nitrogens with zero attached hydrogens (tertiary/aromatic N) is 2. The van der Waals surface area contributed by atoms with Gasteiger partial charge in [-0.25, -0.2) is 13.2 Å². The predicted molar refractivity (Wildman–Crippen MR) is 151 cm³/mol. The Morgan fingerprint density at radius 3 is 2.70 bits per heavy atom. The van der Waals surface area contributed by atoms with Crippen LogP contribution in [0.1, 0.15) is 45.1 Å². The van der Waals surface area contributed by atoms with Gasteiger partial charge in [0.1, 0.15) is 16.7 Å². The van der Waals surface area contributed by atoms with Gasteiger partial charge in [0.15, 0.2) is 11.5 Å². The van der Waals surface area contributed by atoms with Crippen molar-refractivity contribution in [2.24, 2.45) is 5.92 Å². The van der Waals surface area contributed by atoms with Crippen LogP contribution in [0, 0.1) is 5.92 Å². The number of urea groups is 1. The summed E-state index contributed by atoms with van der Waals surface area (Å²) < 4.78 is 46.1. The van der Waals surface area contributed by atoms with Crippen molar-refractivity contribution >= 4 is 27.3 Å². The summed E-state index contributed by atoms with van der Waals surface area (Å²) in [5.74, 6) is 1.18. The highest BCUT2D eigenvalue weighted by Crippen LogP contribution is 2.38. The van der Waals surface area contributed by atoms with Crippen molar-refractivity contribution in [1.29, 1.82) is 0 Å². The van der Waals surface area contributed by atoms with E-state index in [-0.39, 0.29) is 49.1 Å². The molecule has 0 aromatic heterocycles. The quantitative estimate of drug-likeness (QED) is 0.531. The molecule has 0 fully saturated rings. The van der Waals surface area contributed by atoms with Crippen LogP contribution in [0.25, 0.3) is 5.57 Å². The lowest BCUT2D eigenvalue weighted by Gasteiger charge is -2.37. The standard InChI is InChI=1S/C29H37N3O7S/c1-19-15-32(20(2)17-33)40(35,36)28-12-9-22(21-7-5-4-6-8-21)13-26(28)39-27(19)16-31(3)29(34)30-23-10-11-24-25(14-23)38-18-37-24/h7,9-14,19-20,27,33H,4-6,8,15-18H2,1-3H3,(H,30,34)/t19-,20+,27+/m0/s1. The second kappa shape index (κ2) is 11.7. The van der Waals surface area contributed by atoms with Crippen LogP contribution in [0.5, 0.6) is 17.2 Å². The first-order valence-electron chi connectivity index (χ1n) is 13.7. The second-order valence-corrected chi connectivity index (χ2v) is 12.6. The highest BCUT2D eigenvalue weighted by atomic mass is 32.2. The third-order valence-corrected chi connectivity index (χ3v) is 9.77. The molecule has 2 aromatic rings. The number of ether oxygens (including phenoxy) is 3. The molecule has 216 valence electrons. The number of benzene rings is 2. The highest BCUT2D eigenvalue weighted by Gasteiger charge is 2.38. The minimum atomic E-state index is -3.93. The molecule has 2 amide bonds. The summed E-state index contributed by atoms with van der Waals surface area (Å²) in [6.45, 7) is 3.78. The predicted octanol–water partition coefficient (Wildman–Crippen LogP) is 4.31. The number of likely N-dealkylation sites (N-methyl/N-ethyl adjacent to an activating group) is 1. The van der Waals surface area contributed by atoms with Gasteiger partial charge in [-0.1, -0.05) is 19.1 Å². The van der Waals surface area contributed by atoms with Gasteiger partial charge in [-0.2, -0.15) is 4.31 Å². The van der Waals surface area contributed by atoms with E-state index in [2.05, 4.69) is 11.4 Å². The maximum absolute atomic E-state index is 13.8. The van der Waals surface area contributed by atoms with E-state index >= 15 is 0 Å². The van der Waals surface area contributed by atoms with Crippen LogP contribution in [0.3, 0.4) is 0 Å². The number of hydrogen-bond acceptors (Lipinski definition) is 7. The molecule has 0 saturated carbocycles. The van der Waals surface area contributed by atoms with Gasteiger partial charge in [0.2, 0.25) is 16.8 Å². The molecular formula is C29H37N3O7S. The van der Waals surface area contributed by atoms with Gasteiger partial charge in [-0.3, -0.25) is 0 Å². The number of carbonyl (C=O) groups excluding carboxylic acids is 1. The fourth-order valence-corrected chi connectivity index (χ4v) is 7.12. The Balaban J connectivity index is 1.42. The second-order valence-electron chi connectivity index (χ2n) is 10.8. The number of rotatable bonds is 6. The molecule has 2 aliphatic heterocycles. The fourth-order valence-electron chi connectivity index (χ4n) is 5.29. The van der Waals surface area contributed by atoms with Crippen molar-refractivity contribution in [3.63, 3.8) is 0 Å². The van der Waals surface area contributed by atoms with E-state index < -0.39 is 22.2 Å². The van der Waals surface area contributed by atoms with Crippen molar-refractivity contribution in [3.8, 4) is 17.2 Å². The summed E-state index contributed by atoms with van der Waals surface area (Å²) in [5, 5.41) is 12.8. The number of hydrogen-bond donors (Lipinski definition) is 2. The molecule has 0 radical (unpaired) electrons. The number of carbonyl (C=O) groups is 1. The van der Waals surface area contributed by atoms with Crippen LogP contribution in [0.15, 0.2) is 47.4 Å². The number of sulfonamides is 1. The lowest BCUT2D eigenvalue weighted by molar-refractivity contribution is 0.0830. The van der Waals surface area contributed by atoms with Crippen LogP contribution in [0.4, 0.5) is 10.5 Å². The Morgan fingerprint density at radius 2 is 1.95 bits per heavy atom. The Morgan fingerprint density at radius 1 is 1.15 bits per heavy atom. The molecule has 2 aromatic carbocycles. The van der Waals surface area contributed by atoms with Crippen molar-refractivity contribution in [2.75, 3.05) is 38.9 Å². The zero-order valence-electron chi connectivity index (χ0n) is 23.1. The van der Waals surface area contributed by atoms with Crippen molar-refractivity contribution < 1.29 is 32.5 Å². The van der Waals surface area contributed by atoms with E-state index in [1.165, 1.54) is 14.8 Å². The van der Waals surface area contributed by atoms with Gasteiger partial charge in [0.25, 0.3) is 0 Å². The average Bonchev–Trinajstić information content (AvgIpc) is 3.42. The average molecular weight is 572 g/mol. The molecule has 0 saturated heterocycles. The van der Waals surface area contributed by atoms with Gasteiger partial charge in [-0.05, 0) is 68.0 Å². The van der Waals surface area contributed by atoms with Crippen molar-refractivity contribution in [3.05, 3.63) is 48.0 Å². The molecule has 1 aliphatic carbocycles. The Hall–Kier alpha value is -3.28. The van der Waals surface area contributed by atoms with E-state index in [0.29, 0.717) is 17.2 Å². The first-order chi connectivity index (χ1) is 19.2. The number of aliphatic hydroxyl groups is 1. The Kier molecular flexibility index (Phi) is 8.25. The summed E-state index contributed by atoms with van der Waals surface area (Å²) in [6.07, 6.45) is 5.86. The first kappa shape index (κ1) is 28.3. The normalized spacial score (nSPS) is 22.6. The number of amides is 2. The molecule has 0 unspecified atom stereocenters. The van der Waals surface area contributed by atoms with E-state index in [9.17, 15) is 18.3 Å². The lowest BCUT2D eigenvalue weighted by atomic mass is 9.93. The smallest absolute Gasteiger partial charge is 0.321 e. The van der Waals surface area contributed by atoms with E-state index in [0.717, 1.165) is 31.2 Å². The van der Waals surface area contributed by atoms with Gasteiger partial charge in [-0.15, -0.1) is 0 Å². The first-order valence-corrected chi connectivity index (χ1v) is 15.2. The Labute approximate surface area is 235 Å². The van der Waals surface area contributed by atoms with Gasteiger partial charge in [0, 0.05) is 37.3 Å². The van der Waals surface area contributed by atoms with Gasteiger partial charge >= 0.3 is 6.03 Å². The third-order valence-electron chi connectivity index (χ3n) is 7.75. The molecule has 0 spiro atoms. The van der Waals surface area contributed by atoms with Crippen LogP contribution >= 0.6 is 0 Å². The maximum atomic E-state index is 13.8. The molecular weight excluding hydrogens is 534 g/mol. The SMILES string of the molecule is C[C@H](CO)N1C[C@H](C)[C@@H](CN(C)C(=O)Nc2ccc3c(c2)OCO3)Oc2cc(C3=CCCCC3)ccc2S1(=O)=O. The number of allylic oxidation sites excluding steroid dienone is 2. The number of nitrogens with one attached hydrogen (secondary N) is 1. The lowest BCUT2D eigenvalue weighted by Crippen LogP contribution is -2.50. The van der Waals surface area contributed by atoms with Crippen LogP contribution in [-0.4, -0.2) is 74.4 Å². The van der Waals surface area contributed by atoms with Gasteiger partial charge in [0.05, 0.1) is 13.2 Å². The van der Waals surface area contributed by atoms with E-state index in [1.807, 2.05) is 19.1 Å². The maximum Gasteiger partial charge on any atom is 0.321 e. The molecule has 0 bridgehead atoms. The number of aliphatic hydroxyl groups excluding tert-OH is 1.